The molecule has 102 valence electrons. The van der Waals surface area contributed by atoms with Crippen molar-refractivity contribution in [3.63, 3.8) is 0 Å². The Morgan fingerprint density at radius 2 is 2.21 bits per heavy atom. The number of nitrogens with zero attached hydrogens (tertiary/aromatic N) is 2. The molecule has 19 heavy (non-hydrogen) atoms. The van der Waals surface area contributed by atoms with Gasteiger partial charge in [-0.25, -0.2) is 0 Å². The van der Waals surface area contributed by atoms with Crippen LogP contribution in [0.3, 0.4) is 0 Å². The molecule has 1 aromatic heterocycles. The summed E-state index contributed by atoms with van der Waals surface area (Å²) < 4.78 is 11.5. The Bertz CT molecular complexity index is 581. The lowest BCUT2D eigenvalue weighted by molar-refractivity contribution is 0.376. The summed E-state index contributed by atoms with van der Waals surface area (Å²) in [7, 11) is 1.60. The van der Waals surface area contributed by atoms with Gasteiger partial charge in [-0.15, -0.1) is 0 Å². The number of aromatic nitrogens is 2. The van der Waals surface area contributed by atoms with Crippen molar-refractivity contribution in [2.75, 3.05) is 7.11 Å². The number of halogens is 1. The van der Waals surface area contributed by atoms with Gasteiger partial charge < -0.3 is 15.0 Å². The van der Waals surface area contributed by atoms with Gasteiger partial charge in [-0.1, -0.05) is 28.0 Å². The van der Waals surface area contributed by atoms with Gasteiger partial charge in [-0.3, -0.25) is 0 Å². The summed E-state index contributed by atoms with van der Waals surface area (Å²) >= 11 is 3.39. The molecule has 0 saturated carbocycles. The zero-order valence-corrected chi connectivity index (χ0v) is 12.7. The Morgan fingerprint density at radius 1 is 1.47 bits per heavy atom. The highest BCUT2D eigenvalue weighted by atomic mass is 79.9. The summed E-state index contributed by atoms with van der Waals surface area (Å²) in [6, 6.07) is 5.60. The van der Waals surface area contributed by atoms with Crippen LogP contribution in [0.5, 0.6) is 5.75 Å². The first-order valence-electron chi connectivity index (χ1n) is 5.95. The van der Waals surface area contributed by atoms with E-state index in [1.54, 1.807) is 7.11 Å². The first-order valence-corrected chi connectivity index (χ1v) is 6.74. The predicted molar refractivity (Wildman–Crippen MR) is 75.8 cm³/mol. The fourth-order valence-corrected chi connectivity index (χ4v) is 1.90. The number of hydrogen-bond acceptors (Lipinski definition) is 5. The van der Waals surface area contributed by atoms with Gasteiger partial charge in [0.05, 0.1) is 18.2 Å². The van der Waals surface area contributed by atoms with Gasteiger partial charge in [-0.05, 0) is 31.5 Å². The van der Waals surface area contributed by atoms with Crippen LogP contribution in [0.2, 0.25) is 0 Å². The standard InChI is InChI=1S/C13H16BrN3O2/c1-4-13(2,15)12-16-11(19-17-12)9-6-5-8(14)7-10(9)18-3/h5-7H,4,15H2,1-3H3. The maximum atomic E-state index is 6.10. The second kappa shape index (κ2) is 5.30. The second-order valence-corrected chi connectivity index (χ2v) is 5.45. The van der Waals surface area contributed by atoms with Crippen LogP contribution in [0.1, 0.15) is 26.1 Å². The minimum atomic E-state index is -0.593. The molecule has 1 heterocycles. The van der Waals surface area contributed by atoms with Crippen LogP contribution >= 0.6 is 15.9 Å². The van der Waals surface area contributed by atoms with Crippen molar-refractivity contribution in [3.8, 4) is 17.2 Å². The SMILES string of the molecule is CCC(C)(N)c1noc(-c2ccc(Br)cc2OC)n1. The lowest BCUT2D eigenvalue weighted by atomic mass is 10.00. The number of nitrogens with two attached hydrogens (primary N) is 1. The molecule has 2 rings (SSSR count). The summed E-state index contributed by atoms with van der Waals surface area (Å²) in [5, 5.41) is 3.95. The molecule has 5 nitrogen and oxygen atoms in total. The molecule has 0 aliphatic carbocycles. The summed E-state index contributed by atoms with van der Waals surface area (Å²) in [4.78, 5) is 4.36. The Labute approximate surface area is 120 Å². The minimum Gasteiger partial charge on any atom is -0.496 e. The summed E-state index contributed by atoms with van der Waals surface area (Å²) in [5.74, 6) is 1.57. The van der Waals surface area contributed by atoms with E-state index < -0.39 is 5.54 Å². The highest BCUT2D eigenvalue weighted by Gasteiger charge is 2.26. The molecule has 1 aromatic carbocycles. The van der Waals surface area contributed by atoms with Crippen LogP contribution in [-0.4, -0.2) is 17.3 Å². The van der Waals surface area contributed by atoms with Crippen molar-refractivity contribution >= 4 is 15.9 Å². The summed E-state index contributed by atoms with van der Waals surface area (Å²) in [6.07, 6.45) is 0.726. The maximum absolute atomic E-state index is 6.10. The average Bonchev–Trinajstić information content (AvgIpc) is 2.88. The fraction of sp³-hybridized carbons (Fsp3) is 0.385. The van der Waals surface area contributed by atoms with E-state index in [4.69, 9.17) is 15.0 Å². The van der Waals surface area contributed by atoms with Gasteiger partial charge in [0, 0.05) is 4.47 Å². The molecule has 0 amide bonds. The highest BCUT2D eigenvalue weighted by molar-refractivity contribution is 9.10. The number of hydrogen-bond donors (Lipinski definition) is 1. The molecule has 0 radical (unpaired) electrons. The van der Waals surface area contributed by atoms with E-state index in [0.29, 0.717) is 17.5 Å². The van der Waals surface area contributed by atoms with E-state index in [1.807, 2.05) is 32.0 Å². The molecule has 0 aliphatic rings. The van der Waals surface area contributed by atoms with Crippen molar-refractivity contribution < 1.29 is 9.26 Å². The third-order valence-corrected chi connectivity index (χ3v) is 3.56. The Hall–Kier alpha value is -1.40. The van der Waals surface area contributed by atoms with Gasteiger partial charge in [-0.2, -0.15) is 4.98 Å². The Balaban J connectivity index is 2.44. The third-order valence-electron chi connectivity index (χ3n) is 3.07. The van der Waals surface area contributed by atoms with Crippen LogP contribution in [-0.2, 0) is 5.54 Å². The van der Waals surface area contributed by atoms with E-state index in [9.17, 15) is 0 Å². The maximum Gasteiger partial charge on any atom is 0.261 e. The zero-order valence-electron chi connectivity index (χ0n) is 11.1. The third kappa shape index (κ3) is 2.79. The number of ether oxygens (including phenoxy) is 1. The van der Waals surface area contributed by atoms with Gasteiger partial charge in [0.25, 0.3) is 5.89 Å². The van der Waals surface area contributed by atoms with Crippen LogP contribution in [0.25, 0.3) is 11.5 Å². The molecule has 0 aliphatic heterocycles. The quantitative estimate of drug-likeness (QED) is 0.934. The van der Waals surface area contributed by atoms with E-state index in [2.05, 4.69) is 26.1 Å². The first kappa shape index (κ1) is 14.0. The topological polar surface area (TPSA) is 74.2 Å². The molecule has 0 saturated heterocycles. The molecular formula is C13H16BrN3O2. The van der Waals surface area contributed by atoms with Crippen LogP contribution < -0.4 is 10.5 Å². The normalized spacial score (nSPS) is 14.2. The van der Waals surface area contributed by atoms with Gasteiger partial charge in [0.1, 0.15) is 5.75 Å². The molecule has 0 spiro atoms. The molecule has 0 bridgehead atoms. The van der Waals surface area contributed by atoms with E-state index in [-0.39, 0.29) is 0 Å². The molecule has 0 fully saturated rings. The van der Waals surface area contributed by atoms with Crippen molar-refractivity contribution in [1.29, 1.82) is 0 Å². The summed E-state index contributed by atoms with van der Waals surface area (Å²) in [6.45, 7) is 3.86. The Kier molecular flexibility index (Phi) is 3.91. The van der Waals surface area contributed by atoms with E-state index in [1.165, 1.54) is 0 Å². The van der Waals surface area contributed by atoms with Crippen LogP contribution in [0.15, 0.2) is 27.2 Å². The average molecular weight is 326 g/mol. The lowest BCUT2D eigenvalue weighted by Crippen LogP contribution is -2.33. The van der Waals surface area contributed by atoms with Crippen LogP contribution in [0.4, 0.5) is 0 Å². The first-order chi connectivity index (χ1) is 8.97. The Morgan fingerprint density at radius 3 is 2.84 bits per heavy atom. The number of methoxy groups -OCH3 is 1. The van der Waals surface area contributed by atoms with Crippen molar-refractivity contribution in [3.05, 3.63) is 28.5 Å². The second-order valence-electron chi connectivity index (χ2n) is 4.54. The van der Waals surface area contributed by atoms with Crippen molar-refractivity contribution in [1.82, 2.24) is 10.1 Å². The fourth-order valence-electron chi connectivity index (χ4n) is 1.56. The molecule has 6 heteroatoms. The number of rotatable bonds is 4. The molecule has 2 N–H and O–H groups in total. The van der Waals surface area contributed by atoms with Gasteiger partial charge >= 0.3 is 0 Å². The monoisotopic (exact) mass is 325 g/mol. The molecular weight excluding hydrogens is 310 g/mol. The lowest BCUT2D eigenvalue weighted by Gasteiger charge is -2.16. The summed E-state index contributed by atoms with van der Waals surface area (Å²) in [5.41, 5.74) is 6.25. The highest BCUT2D eigenvalue weighted by Crippen LogP contribution is 2.32. The van der Waals surface area contributed by atoms with Gasteiger partial charge in [0.2, 0.25) is 0 Å². The van der Waals surface area contributed by atoms with Crippen molar-refractivity contribution in [2.24, 2.45) is 5.73 Å². The molecule has 1 atom stereocenters. The smallest absolute Gasteiger partial charge is 0.261 e. The number of benzene rings is 1. The van der Waals surface area contributed by atoms with Gasteiger partial charge in [0.15, 0.2) is 5.82 Å². The molecule has 2 aromatic rings. The predicted octanol–water partition coefficient (Wildman–Crippen LogP) is 3.09. The largest absolute Gasteiger partial charge is 0.496 e. The minimum absolute atomic E-state index is 0.407. The van der Waals surface area contributed by atoms with Crippen LogP contribution in [0, 0.1) is 0 Å². The van der Waals surface area contributed by atoms with Crippen molar-refractivity contribution in [2.45, 2.75) is 25.8 Å². The molecule has 1 unspecified atom stereocenters. The van der Waals surface area contributed by atoms with E-state index in [0.717, 1.165) is 16.5 Å². The zero-order chi connectivity index (χ0) is 14.0. The van der Waals surface area contributed by atoms with E-state index >= 15 is 0 Å².